The van der Waals surface area contributed by atoms with Crippen LogP contribution in [0.2, 0.25) is 0 Å². The fourth-order valence-corrected chi connectivity index (χ4v) is 2.57. The molecule has 0 saturated carbocycles. The Labute approximate surface area is 153 Å². The molecule has 2 aromatic carbocycles. The second kappa shape index (κ2) is 8.38. The zero-order valence-corrected chi connectivity index (χ0v) is 15.6. The SMILES string of the molecule is COc1ccc(NC(=O)c2ccc(CN(C)C(=O)C(C)C)cc2)cc1N. The van der Waals surface area contributed by atoms with Crippen molar-refractivity contribution in [3.05, 3.63) is 53.6 Å². The van der Waals surface area contributed by atoms with Crippen molar-refractivity contribution in [1.29, 1.82) is 0 Å². The highest BCUT2D eigenvalue weighted by atomic mass is 16.5. The van der Waals surface area contributed by atoms with E-state index in [0.717, 1.165) is 5.56 Å². The van der Waals surface area contributed by atoms with E-state index in [2.05, 4.69) is 5.32 Å². The third-order valence-corrected chi connectivity index (χ3v) is 3.99. The molecule has 0 saturated heterocycles. The number of carbonyl (C=O) groups excluding carboxylic acids is 2. The third-order valence-electron chi connectivity index (χ3n) is 3.99. The molecule has 2 rings (SSSR count). The van der Waals surface area contributed by atoms with Gasteiger partial charge in [-0.3, -0.25) is 9.59 Å². The van der Waals surface area contributed by atoms with Crippen LogP contribution in [0.25, 0.3) is 0 Å². The number of nitrogens with one attached hydrogen (secondary N) is 1. The maximum Gasteiger partial charge on any atom is 0.255 e. The number of nitrogens with two attached hydrogens (primary N) is 1. The molecule has 0 atom stereocenters. The van der Waals surface area contributed by atoms with Gasteiger partial charge in [-0.25, -0.2) is 0 Å². The van der Waals surface area contributed by atoms with Gasteiger partial charge < -0.3 is 20.7 Å². The van der Waals surface area contributed by atoms with Crippen molar-refractivity contribution >= 4 is 23.2 Å². The molecule has 26 heavy (non-hydrogen) atoms. The number of ether oxygens (including phenoxy) is 1. The van der Waals surface area contributed by atoms with Gasteiger partial charge in [0, 0.05) is 30.8 Å². The Bertz CT molecular complexity index is 785. The molecule has 3 N–H and O–H groups in total. The number of nitrogen functional groups attached to an aromatic ring is 1. The Morgan fingerprint density at radius 2 is 1.81 bits per heavy atom. The van der Waals surface area contributed by atoms with Crippen LogP contribution >= 0.6 is 0 Å². The van der Waals surface area contributed by atoms with Gasteiger partial charge in [0.05, 0.1) is 12.8 Å². The minimum atomic E-state index is -0.229. The zero-order chi connectivity index (χ0) is 19.3. The number of rotatable bonds is 6. The Morgan fingerprint density at radius 3 is 2.35 bits per heavy atom. The predicted octanol–water partition coefficient (Wildman–Crippen LogP) is 3.14. The highest BCUT2D eigenvalue weighted by Crippen LogP contribution is 2.24. The first kappa shape index (κ1) is 19.3. The first-order valence-electron chi connectivity index (χ1n) is 8.40. The lowest BCUT2D eigenvalue weighted by Gasteiger charge is -2.19. The molecular formula is C20H25N3O3. The lowest BCUT2D eigenvalue weighted by atomic mass is 10.1. The Kier molecular flexibility index (Phi) is 6.22. The van der Waals surface area contributed by atoms with Gasteiger partial charge in [0.25, 0.3) is 5.91 Å². The van der Waals surface area contributed by atoms with Crippen LogP contribution in [-0.4, -0.2) is 30.9 Å². The van der Waals surface area contributed by atoms with Crippen molar-refractivity contribution in [3.8, 4) is 5.75 Å². The summed E-state index contributed by atoms with van der Waals surface area (Å²) in [5.74, 6) is 0.381. The standard InChI is InChI=1S/C20H25N3O3/c1-13(2)20(25)23(3)12-14-5-7-15(8-6-14)19(24)22-16-9-10-18(26-4)17(21)11-16/h5-11,13H,12,21H2,1-4H3,(H,22,24). The molecule has 0 aromatic heterocycles. The van der Waals surface area contributed by atoms with E-state index in [1.165, 1.54) is 7.11 Å². The average Bonchev–Trinajstić information content (AvgIpc) is 2.61. The quantitative estimate of drug-likeness (QED) is 0.780. The lowest BCUT2D eigenvalue weighted by Crippen LogP contribution is -2.29. The zero-order valence-electron chi connectivity index (χ0n) is 15.6. The number of hydrogen-bond acceptors (Lipinski definition) is 4. The first-order valence-corrected chi connectivity index (χ1v) is 8.40. The van der Waals surface area contributed by atoms with Gasteiger partial charge in [-0.1, -0.05) is 26.0 Å². The largest absolute Gasteiger partial charge is 0.495 e. The molecule has 138 valence electrons. The molecule has 0 unspecified atom stereocenters. The van der Waals surface area contributed by atoms with E-state index in [0.29, 0.717) is 29.2 Å². The Balaban J connectivity index is 2.02. The molecule has 0 radical (unpaired) electrons. The van der Waals surface area contributed by atoms with E-state index >= 15 is 0 Å². The molecule has 0 aliphatic carbocycles. The van der Waals surface area contributed by atoms with Crippen LogP contribution in [0.4, 0.5) is 11.4 Å². The van der Waals surface area contributed by atoms with Crippen molar-refractivity contribution < 1.29 is 14.3 Å². The number of carbonyl (C=O) groups is 2. The highest BCUT2D eigenvalue weighted by Gasteiger charge is 2.13. The molecule has 2 aromatic rings. The summed E-state index contributed by atoms with van der Waals surface area (Å²) in [4.78, 5) is 26.0. The van der Waals surface area contributed by atoms with Crippen LogP contribution in [0.3, 0.4) is 0 Å². The van der Waals surface area contributed by atoms with E-state index < -0.39 is 0 Å². The number of amides is 2. The van der Waals surface area contributed by atoms with Crippen molar-refractivity contribution in [2.24, 2.45) is 5.92 Å². The fourth-order valence-electron chi connectivity index (χ4n) is 2.57. The topological polar surface area (TPSA) is 84.7 Å². The van der Waals surface area contributed by atoms with E-state index in [4.69, 9.17) is 10.5 Å². The second-order valence-electron chi connectivity index (χ2n) is 6.46. The number of methoxy groups -OCH3 is 1. The maximum absolute atomic E-state index is 12.4. The smallest absolute Gasteiger partial charge is 0.255 e. The molecule has 0 aliphatic heterocycles. The molecule has 0 fully saturated rings. The summed E-state index contributed by atoms with van der Waals surface area (Å²) in [7, 11) is 3.31. The van der Waals surface area contributed by atoms with Gasteiger partial charge in [-0.2, -0.15) is 0 Å². The summed E-state index contributed by atoms with van der Waals surface area (Å²) in [6.45, 7) is 4.25. The van der Waals surface area contributed by atoms with Gasteiger partial charge in [0.2, 0.25) is 5.91 Å². The molecule has 0 bridgehead atoms. The van der Waals surface area contributed by atoms with Crippen LogP contribution in [-0.2, 0) is 11.3 Å². The van der Waals surface area contributed by atoms with E-state index in [1.54, 1.807) is 42.3 Å². The van der Waals surface area contributed by atoms with Crippen LogP contribution < -0.4 is 15.8 Å². The minimum Gasteiger partial charge on any atom is -0.495 e. The van der Waals surface area contributed by atoms with Crippen molar-refractivity contribution in [3.63, 3.8) is 0 Å². The van der Waals surface area contributed by atoms with Crippen molar-refractivity contribution in [2.75, 3.05) is 25.2 Å². The van der Waals surface area contributed by atoms with Crippen LogP contribution in [0.5, 0.6) is 5.75 Å². The van der Waals surface area contributed by atoms with Gasteiger partial charge in [-0.05, 0) is 35.9 Å². The van der Waals surface area contributed by atoms with Crippen molar-refractivity contribution in [2.45, 2.75) is 20.4 Å². The van der Waals surface area contributed by atoms with E-state index in [-0.39, 0.29) is 17.7 Å². The van der Waals surface area contributed by atoms with Crippen LogP contribution in [0, 0.1) is 5.92 Å². The van der Waals surface area contributed by atoms with Gasteiger partial charge in [0.15, 0.2) is 0 Å². The number of nitrogens with zero attached hydrogens (tertiary/aromatic N) is 1. The molecule has 2 amide bonds. The normalized spacial score (nSPS) is 10.5. The molecular weight excluding hydrogens is 330 g/mol. The molecule has 6 heteroatoms. The first-order chi connectivity index (χ1) is 12.3. The molecule has 0 aliphatic rings. The van der Waals surface area contributed by atoms with E-state index in [1.807, 2.05) is 26.0 Å². The van der Waals surface area contributed by atoms with Crippen molar-refractivity contribution in [1.82, 2.24) is 4.90 Å². The minimum absolute atomic E-state index is 0.0398. The van der Waals surface area contributed by atoms with Crippen LogP contribution in [0.1, 0.15) is 29.8 Å². The number of benzene rings is 2. The molecule has 0 spiro atoms. The second-order valence-corrected chi connectivity index (χ2v) is 6.46. The average molecular weight is 355 g/mol. The Morgan fingerprint density at radius 1 is 1.15 bits per heavy atom. The lowest BCUT2D eigenvalue weighted by molar-refractivity contribution is -0.133. The van der Waals surface area contributed by atoms with Gasteiger partial charge in [-0.15, -0.1) is 0 Å². The van der Waals surface area contributed by atoms with Crippen LogP contribution in [0.15, 0.2) is 42.5 Å². The summed E-state index contributed by atoms with van der Waals surface area (Å²) in [5.41, 5.74) is 8.40. The van der Waals surface area contributed by atoms with E-state index in [9.17, 15) is 9.59 Å². The molecule has 6 nitrogen and oxygen atoms in total. The predicted molar refractivity (Wildman–Crippen MR) is 103 cm³/mol. The third kappa shape index (κ3) is 4.75. The number of anilines is 2. The summed E-state index contributed by atoms with van der Waals surface area (Å²) < 4.78 is 5.10. The summed E-state index contributed by atoms with van der Waals surface area (Å²) in [6, 6.07) is 12.3. The maximum atomic E-state index is 12.4. The Hall–Kier alpha value is -3.02. The highest BCUT2D eigenvalue weighted by molar-refractivity contribution is 6.04. The summed E-state index contributed by atoms with van der Waals surface area (Å²) in [6.07, 6.45) is 0. The summed E-state index contributed by atoms with van der Waals surface area (Å²) >= 11 is 0. The monoisotopic (exact) mass is 355 g/mol. The number of hydrogen-bond donors (Lipinski definition) is 2. The fraction of sp³-hybridized carbons (Fsp3) is 0.300. The van der Waals surface area contributed by atoms with Gasteiger partial charge >= 0.3 is 0 Å². The van der Waals surface area contributed by atoms with Gasteiger partial charge in [0.1, 0.15) is 5.75 Å². The summed E-state index contributed by atoms with van der Waals surface area (Å²) in [5, 5.41) is 2.80. The molecule has 0 heterocycles.